The van der Waals surface area contributed by atoms with Gasteiger partial charge in [0.1, 0.15) is 0 Å². The summed E-state index contributed by atoms with van der Waals surface area (Å²) < 4.78 is 0. The van der Waals surface area contributed by atoms with Gasteiger partial charge in [0.15, 0.2) is 6.29 Å². The number of benzene rings is 1. The van der Waals surface area contributed by atoms with Crippen LogP contribution in [0.2, 0.25) is 0 Å². The fourth-order valence-electron chi connectivity index (χ4n) is 1.55. The van der Waals surface area contributed by atoms with E-state index in [4.69, 9.17) is 30.6 Å². The zero-order chi connectivity index (χ0) is 22.1. The highest BCUT2D eigenvalue weighted by molar-refractivity contribution is 5.91. The minimum absolute atomic E-state index is 0.0833. The van der Waals surface area contributed by atoms with Crippen LogP contribution in [0.4, 0.5) is 0 Å². The first kappa shape index (κ1) is 27.2. The Morgan fingerprint density at radius 1 is 0.750 bits per heavy atom. The molecule has 0 saturated heterocycles. The van der Waals surface area contributed by atoms with Crippen molar-refractivity contribution in [1.29, 1.82) is 0 Å². The van der Waals surface area contributed by atoms with Crippen LogP contribution in [-0.4, -0.2) is 60.8 Å². The van der Waals surface area contributed by atoms with Crippen LogP contribution >= 0.6 is 0 Å². The third-order valence-electron chi connectivity index (χ3n) is 3.00. The molecule has 0 amide bonds. The highest BCUT2D eigenvalue weighted by Crippen LogP contribution is 2.03. The van der Waals surface area contributed by atoms with Crippen molar-refractivity contribution in [2.45, 2.75) is 51.7 Å². The van der Waals surface area contributed by atoms with E-state index in [1.807, 2.05) is 0 Å². The van der Waals surface area contributed by atoms with Crippen LogP contribution in [0.5, 0.6) is 0 Å². The third kappa shape index (κ3) is 17.8. The standard InChI is InChI=1S/C8H6O4.C6H14O2.C4H6O4/c9-7(10)5-1-2-6(4-3-5)8(11)12;1-2-3-4-5-6(7)8;5-3(6)1-2-4(7)8/h1-4H,(H,9,10)(H,11,12);6-8H,2-5H2,1H3;1-2H2,(H,5,6)(H,7,8). The van der Waals surface area contributed by atoms with Crippen molar-refractivity contribution in [1.82, 2.24) is 0 Å². The number of hydrogen-bond donors (Lipinski definition) is 6. The van der Waals surface area contributed by atoms with Gasteiger partial charge in [-0.2, -0.15) is 0 Å². The van der Waals surface area contributed by atoms with Crippen molar-refractivity contribution in [2.75, 3.05) is 0 Å². The normalized spacial score (nSPS) is 9.43. The number of aromatic carboxylic acids is 2. The summed E-state index contributed by atoms with van der Waals surface area (Å²) in [6.07, 6.45) is 1.98. The molecule has 28 heavy (non-hydrogen) atoms. The number of carboxylic acids is 4. The lowest BCUT2D eigenvalue weighted by Gasteiger charge is -1.99. The van der Waals surface area contributed by atoms with Crippen molar-refractivity contribution < 1.29 is 49.8 Å². The molecule has 6 N–H and O–H groups in total. The topological polar surface area (TPSA) is 190 Å². The zero-order valence-electron chi connectivity index (χ0n) is 15.4. The van der Waals surface area contributed by atoms with E-state index in [1.54, 1.807) is 0 Å². The molecule has 0 atom stereocenters. The molecular weight excluding hydrogens is 376 g/mol. The van der Waals surface area contributed by atoms with Crippen LogP contribution in [0, 0.1) is 0 Å². The Morgan fingerprint density at radius 3 is 1.32 bits per heavy atom. The summed E-state index contributed by atoms with van der Waals surface area (Å²) in [7, 11) is 0. The molecule has 1 aromatic carbocycles. The monoisotopic (exact) mass is 402 g/mol. The number of rotatable bonds is 9. The minimum Gasteiger partial charge on any atom is -0.481 e. The van der Waals surface area contributed by atoms with E-state index in [0.717, 1.165) is 19.3 Å². The molecule has 1 aromatic rings. The second-order valence-corrected chi connectivity index (χ2v) is 5.45. The van der Waals surface area contributed by atoms with Gasteiger partial charge in [-0.1, -0.05) is 19.8 Å². The number of aliphatic hydroxyl groups excluding tert-OH is 1. The molecule has 0 aliphatic rings. The van der Waals surface area contributed by atoms with E-state index < -0.39 is 30.2 Å². The summed E-state index contributed by atoms with van der Waals surface area (Å²) in [6, 6.07) is 5.02. The van der Waals surface area contributed by atoms with Crippen LogP contribution in [0.3, 0.4) is 0 Å². The van der Waals surface area contributed by atoms with Crippen molar-refractivity contribution in [3.05, 3.63) is 35.4 Å². The summed E-state index contributed by atoms with van der Waals surface area (Å²) in [4.78, 5) is 40.0. The first-order chi connectivity index (χ1) is 13.0. The molecule has 0 aromatic heterocycles. The molecule has 0 fully saturated rings. The lowest BCUT2D eigenvalue weighted by molar-refractivity contribution is -0.143. The second-order valence-electron chi connectivity index (χ2n) is 5.45. The molecule has 0 unspecified atom stereocenters. The molecule has 0 saturated carbocycles. The van der Waals surface area contributed by atoms with E-state index in [1.165, 1.54) is 24.3 Å². The average molecular weight is 402 g/mol. The molecule has 0 bridgehead atoms. The molecule has 10 nitrogen and oxygen atoms in total. The number of unbranched alkanes of at least 4 members (excludes halogenated alkanes) is 2. The number of aliphatic hydroxyl groups is 2. The molecule has 0 heterocycles. The minimum atomic E-state index is -1.10. The Hall–Kier alpha value is -2.98. The summed E-state index contributed by atoms with van der Waals surface area (Å²) in [5.74, 6) is -4.28. The summed E-state index contributed by atoms with van der Waals surface area (Å²) >= 11 is 0. The Labute approximate surface area is 161 Å². The molecule has 0 aliphatic carbocycles. The Kier molecular flexibility index (Phi) is 15.8. The van der Waals surface area contributed by atoms with E-state index in [2.05, 4.69) is 6.92 Å². The molecule has 1 rings (SSSR count). The molecule has 10 heteroatoms. The molecule has 0 spiro atoms. The Balaban J connectivity index is 0. The molecule has 0 radical (unpaired) electrons. The smallest absolute Gasteiger partial charge is 0.335 e. The summed E-state index contributed by atoms with van der Waals surface area (Å²) in [5, 5.41) is 49.4. The Morgan fingerprint density at radius 2 is 1.11 bits per heavy atom. The van der Waals surface area contributed by atoms with Gasteiger partial charge in [0.2, 0.25) is 0 Å². The number of hydrogen-bond acceptors (Lipinski definition) is 6. The number of aliphatic carboxylic acids is 2. The SMILES string of the molecule is CCCCCC(O)O.O=C(O)CCC(=O)O.O=C(O)c1ccc(C(=O)O)cc1. The van der Waals surface area contributed by atoms with Gasteiger partial charge in [-0.05, 0) is 37.1 Å². The lowest BCUT2D eigenvalue weighted by atomic mass is 10.1. The van der Waals surface area contributed by atoms with Gasteiger partial charge in [-0.15, -0.1) is 0 Å². The predicted molar refractivity (Wildman–Crippen MR) is 97.2 cm³/mol. The van der Waals surface area contributed by atoms with Crippen LogP contribution < -0.4 is 0 Å². The Bertz CT molecular complexity index is 560. The second kappa shape index (κ2) is 16.2. The highest BCUT2D eigenvalue weighted by Gasteiger charge is 2.04. The maximum absolute atomic E-state index is 10.3. The average Bonchev–Trinajstić information content (AvgIpc) is 2.61. The van der Waals surface area contributed by atoms with E-state index in [-0.39, 0.29) is 24.0 Å². The quantitative estimate of drug-likeness (QED) is 0.263. The third-order valence-corrected chi connectivity index (χ3v) is 3.00. The van der Waals surface area contributed by atoms with Crippen molar-refractivity contribution in [3.8, 4) is 0 Å². The van der Waals surface area contributed by atoms with Gasteiger partial charge in [0, 0.05) is 0 Å². The van der Waals surface area contributed by atoms with Crippen molar-refractivity contribution in [3.63, 3.8) is 0 Å². The number of carbonyl (C=O) groups is 4. The summed E-state index contributed by atoms with van der Waals surface area (Å²) in [6.45, 7) is 2.09. The fourth-order valence-corrected chi connectivity index (χ4v) is 1.55. The first-order valence-electron chi connectivity index (χ1n) is 8.37. The van der Waals surface area contributed by atoms with Gasteiger partial charge in [-0.25, -0.2) is 9.59 Å². The zero-order valence-corrected chi connectivity index (χ0v) is 15.4. The van der Waals surface area contributed by atoms with Gasteiger partial charge in [0.25, 0.3) is 0 Å². The number of carboxylic acid groups (broad SMARTS) is 4. The highest BCUT2D eigenvalue weighted by atomic mass is 16.5. The van der Waals surface area contributed by atoms with E-state index in [9.17, 15) is 19.2 Å². The summed E-state index contributed by atoms with van der Waals surface area (Å²) in [5.41, 5.74) is 0.167. The van der Waals surface area contributed by atoms with Gasteiger partial charge in [-0.3, -0.25) is 9.59 Å². The molecule has 0 aliphatic heterocycles. The van der Waals surface area contributed by atoms with Crippen LogP contribution in [-0.2, 0) is 9.59 Å². The van der Waals surface area contributed by atoms with Crippen LogP contribution in [0.1, 0.15) is 66.2 Å². The fraction of sp³-hybridized carbons (Fsp3) is 0.444. The van der Waals surface area contributed by atoms with Gasteiger partial charge >= 0.3 is 23.9 Å². The van der Waals surface area contributed by atoms with Crippen LogP contribution in [0.15, 0.2) is 24.3 Å². The van der Waals surface area contributed by atoms with Gasteiger partial charge in [0.05, 0.1) is 24.0 Å². The molecular formula is C18H26O10. The van der Waals surface area contributed by atoms with Crippen molar-refractivity contribution in [2.24, 2.45) is 0 Å². The first-order valence-corrected chi connectivity index (χ1v) is 8.37. The van der Waals surface area contributed by atoms with Gasteiger partial charge < -0.3 is 30.6 Å². The van der Waals surface area contributed by atoms with Crippen molar-refractivity contribution >= 4 is 23.9 Å². The van der Waals surface area contributed by atoms with Crippen LogP contribution in [0.25, 0.3) is 0 Å². The van der Waals surface area contributed by atoms with E-state index >= 15 is 0 Å². The molecule has 158 valence electrons. The maximum atomic E-state index is 10.3. The maximum Gasteiger partial charge on any atom is 0.335 e. The predicted octanol–water partition coefficient (Wildman–Crippen LogP) is 1.90. The lowest BCUT2D eigenvalue weighted by Crippen LogP contribution is -2.02. The largest absolute Gasteiger partial charge is 0.481 e. The van der Waals surface area contributed by atoms with E-state index in [0.29, 0.717) is 6.42 Å².